The summed E-state index contributed by atoms with van der Waals surface area (Å²) in [5.41, 5.74) is 1.08. The first-order valence-electron chi connectivity index (χ1n) is 5.61. The van der Waals surface area contributed by atoms with Crippen molar-refractivity contribution < 1.29 is 9.47 Å². The van der Waals surface area contributed by atoms with Crippen LogP contribution in [0.1, 0.15) is 24.5 Å². The second-order valence-electron chi connectivity index (χ2n) is 3.35. The lowest BCUT2D eigenvalue weighted by Crippen LogP contribution is -2.31. The van der Waals surface area contributed by atoms with Gasteiger partial charge in [-0.15, -0.1) is 11.3 Å². The molecule has 0 unspecified atom stereocenters. The quantitative estimate of drug-likeness (QED) is 0.710. The lowest BCUT2D eigenvalue weighted by molar-refractivity contribution is -0.133. The third-order valence-corrected chi connectivity index (χ3v) is 2.93. The highest BCUT2D eigenvalue weighted by atomic mass is 32.1. The molecule has 0 aliphatic carbocycles. The largest absolute Gasteiger partial charge is 0.352 e. The van der Waals surface area contributed by atoms with Crippen molar-refractivity contribution in [2.45, 2.75) is 33.6 Å². The minimum atomic E-state index is -0.156. The van der Waals surface area contributed by atoms with Crippen LogP contribution in [0.4, 0.5) is 0 Å². The van der Waals surface area contributed by atoms with Crippen LogP contribution in [0.5, 0.6) is 0 Å². The molecule has 0 aliphatic rings. The number of rotatable bonds is 8. The molecular formula is C11H20N2O2S. The summed E-state index contributed by atoms with van der Waals surface area (Å²) in [5.74, 6) is 0. The molecule has 0 bridgehead atoms. The van der Waals surface area contributed by atoms with Crippen molar-refractivity contribution >= 4 is 11.3 Å². The van der Waals surface area contributed by atoms with Crippen LogP contribution in [0.3, 0.4) is 0 Å². The van der Waals surface area contributed by atoms with Crippen molar-refractivity contribution in [2.24, 2.45) is 0 Å². The molecule has 1 aromatic rings. The van der Waals surface area contributed by atoms with E-state index >= 15 is 0 Å². The monoisotopic (exact) mass is 244 g/mol. The standard InChI is InChI=1S/C11H20N2O2S/c1-4-14-11(15-5-2)7-12-6-10-13-9(3)8-16-10/h8,11-12H,4-7H2,1-3H3. The Labute approximate surface area is 101 Å². The Kier molecular flexibility index (Phi) is 6.56. The van der Waals surface area contributed by atoms with Crippen LogP contribution in [0.2, 0.25) is 0 Å². The smallest absolute Gasteiger partial charge is 0.169 e. The number of nitrogens with one attached hydrogen (secondary N) is 1. The molecule has 1 aromatic heterocycles. The third-order valence-electron chi connectivity index (χ3n) is 1.96. The number of hydrogen-bond acceptors (Lipinski definition) is 5. The van der Waals surface area contributed by atoms with E-state index in [9.17, 15) is 0 Å². The number of aryl methyl sites for hydroxylation is 1. The summed E-state index contributed by atoms with van der Waals surface area (Å²) in [4.78, 5) is 4.37. The van der Waals surface area contributed by atoms with Crippen LogP contribution in [0.15, 0.2) is 5.38 Å². The van der Waals surface area contributed by atoms with Crippen LogP contribution in [0, 0.1) is 6.92 Å². The predicted octanol–water partition coefficient (Wildman–Crippen LogP) is 1.94. The van der Waals surface area contributed by atoms with E-state index in [2.05, 4.69) is 15.7 Å². The van der Waals surface area contributed by atoms with Crippen molar-refractivity contribution in [3.8, 4) is 0 Å². The summed E-state index contributed by atoms with van der Waals surface area (Å²) in [7, 11) is 0. The minimum absolute atomic E-state index is 0.156. The molecule has 0 atom stereocenters. The first kappa shape index (κ1) is 13.6. The molecule has 0 saturated heterocycles. The van der Waals surface area contributed by atoms with Crippen molar-refractivity contribution in [3.05, 3.63) is 16.1 Å². The van der Waals surface area contributed by atoms with Crippen LogP contribution in [-0.2, 0) is 16.0 Å². The van der Waals surface area contributed by atoms with Gasteiger partial charge in [0.25, 0.3) is 0 Å². The van der Waals surface area contributed by atoms with Crippen molar-refractivity contribution in [3.63, 3.8) is 0 Å². The second kappa shape index (κ2) is 7.73. The van der Waals surface area contributed by atoms with Crippen LogP contribution in [0.25, 0.3) is 0 Å². The van der Waals surface area contributed by atoms with E-state index in [1.807, 2.05) is 20.8 Å². The topological polar surface area (TPSA) is 43.4 Å². The van der Waals surface area contributed by atoms with E-state index in [-0.39, 0.29) is 6.29 Å². The molecule has 0 spiro atoms. The summed E-state index contributed by atoms with van der Waals surface area (Å²) in [5, 5.41) is 6.44. The number of aromatic nitrogens is 1. The van der Waals surface area contributed by atoms with Crippen LogP contribution < -0.4 is 5.32 Å². The highest BCUT2D eigenvalue weighted by molar-refractivity contribution is 7.09. The SMILES string of the molecule is CCOC(CNCc1nc(C)cs1)OCC. The van der Waals surface area contributed by atoms with Gasteiger partial charge in [-0.05, 0) is 20.8 Å². The molecular weight excluding hydrogens is 224 g/mol. The fraction of sp³-hybridized carbons (Fsp3) is 0.727. The van der Waals surface area contributed by atoms with Gasteiger partial charge in [-0.1, -0.05) is 0 Å². The lowest BCUT2D eigenvalue weighted by atomic mass is 10.5. The zero-order chi connectivity index (χ0) is 11.8. The van der Waals surface area contributed by atoms with Gasteiger partial charge < -0.3 is 14.8 Å². The van der Waals surface area contributed by atoms with Gasteiger partial charge in [-0.3, -0.25) is 0 Å². The van der Waals surface area contributed by atoms with Gasteiger partial charge in [0, 0.05) is 37.4 Å². The van der Waals surface area contributed by atoms with Crippen molar-refractivity contribution in [2.75, 3.05) is 19.8 Å². The van der Waals surface area contributed by atoms with Crippen LogP contribution >= 0.6 is 11.3 Å². The minimum Gasteiger partial charge on any atom is -0.352 e. The Hall–Kier alpha value is -0.490. The average Bonchev–Trinajstić information content (AvgIpc) is 2.65. The van der Waals surface area contributed by atoms with E-state index in [0.717, 1.165) is 17.2 Å². The Bertz CT molecular complexity index is 285. The third kappa shape index (κ3) is 5.03. The maximum absolute atomic E-state index is 5.42. The molecule has 5 heteroatoms. The molecule has 0 amide bonds. The van der Waals surface area contributed by atoms with Gasteiger partial charge in [-0.2, -0.15) is 0 Å². The maximum Gasteiger partial charge on any atom is 0.169 e. The van der Waals surface area contributed by atoms with Gasteiger partial charge in [0.2, 0.25) is 0 Å². The molecule has 0 radical (unpaired) electrons. The van der Waals surface area contributed by atoms with Crippen LogP contribution in [-0.4, -0.2) is 31.0 Å². The van der Waals surface area contributed by atoms with Gasteiger partial charge in [-0.25, -0.2) is 4.98 Å². The summed E-state index contributed by atoms with van der Waals surface area (Å²) in [6.45, 7) is 8.75. The summed E-state index contributed by atoms with van der Waals surface area (Å²) < 4.78 is 10.8. The van der Waals surface area contributed by atoms with Gasteiger partial charge in [0.1, 0.15) is 5.01 Å². The number of thiazole rings is 1. The fourth-order valence-corrected chi connectivity index (χ4v) is 2.06. The van der Waals surface area contributed by atoms with E-state index < -0.39 is 0 Å². The van der Waals surface area contributed by atoms with Crippen molar-refractivity contribution in [1.82, 2.24) is 10.3 Å². The molecule has 0 saturated carbocycles. The molecule has 4 nitrogen and oxygen atoms in total. The fourth-order valence-electron chi connectivity index (χ4n) is 1.32. The maximum atomic E-state index is 5.42. The lowest BCUT2D eigenvalue weighted by Gasteiger charge is -2.16. The molecule has 16 heavy (non-hydrogen) atoms. The van der Waals surface area contributed by atoms with E-state index in [0.29, 0.717) is 19.8 Å². The molecule has 92 valence electrons. The Morgan fingerprint density at radius 3 is 2.56 bits per heavy atom. The molecule has 0 aliphatic heterocycles. The highest BCUT2D eigenvalue weighted by Gasteiger charge is 2.07. The van der Waals surface area contributed by atoms with Gasteiger partial charge in [0.05, 0.1) is 0 Å². The highest BCUT2D eigenvalue weighted by Crippen LogP contribution is 2.07. The Balaban J connectivity index is 2.21. The van der Waals surface area contributed by atoms with Gasteiger partial charge in [0.15, 0.2) is 6.29 Å². The van der Waals surface area contributed by atoms with Gasteiger partial charge >= 0.3 is 0 Å². The van der Waals surface area contributed by atoms with E-state index in [1.54, 1.807) is 11.3 Å². The average molecular weight is 244 g/mol. The number of nitrogens with zero attached hydrogens (tertiary/aromatic N) is 1. The zero-order valence-corrected chi connectivity index (χ0v) is 11.0. The molecule has 0 aromatic carbocycles. The zero-order valence-electron chi connectivity index (χ0n) is 10.2. The number of ether oxygens (including phenoxy) is 2. The van der Waals surface area contributed by atoms with E-state index in [1.165, 1.54) is 0 Å². The Morgan fingerprint density at radius 1 is 1.38 bits per heavy atom. The van der Waals surface area contributed by atoms with E-state index in [4.69, 9.17) is 9.47 Å². The molecule has 1 heterocycles. The predicted molar refractivity (Wildman–Crippen MR) is 65.6 cm³/mol. The number of hydrogen-bond donors (Lipinski definition) is 1. The van der Waals surface area contributed by atoms with Crippen molar-refractivity contribution in [1.29, 1.82) is 0 Å². The summed E-state index contributed by atoms with van der Waals surface area (Å²) in [6.07, 6.45) is -0.156. The second-order valence-corrected chi connectivity index (χ2v) is 4.30. The Morgan fingerprint density at radius 2 is 2.06 bits per heavy atom. The summed E-state index contributed by atoms with van der Waals surface area (Å²) >= 11 is 1.67. The first-order chi connectivity index (χ1) is 7.76. The first-order valence-corrected chi connectivity index (χ1v) is 6.49. The molecule has 0 fully saturated rings. The molecule has 1 rings (SSSR count). The summed E-state index contributed by atoms with van der Waals surface area (Å²) in [6, 6.07) is 0. The molecule has 1 N–H and O–H groups in total. The normalized spacial score (nSPS) is 11.2.